The van der Waals surface area contributed by atoms with Crippen LogP contribution in [0.2, 0.25) is 0 Å². The maximum Gasteiger partial charge on any atom is 0.157 e. The lowest BCUT2D eigenvalue weighted by Crippen LogP contribution is -2.27. The van der Waals surface area contributed by atoms with Gasteiger partial charge in [0.2, 0.25) is 0 Å². The molecule has 0 atom stereocenters. The highest BCUT2D eigenvalue weighted by atomic mass is 32.2. The Morgan fingerprint density at radius 2 is 1.90 bits per heavy atom. The van der Waals surface area contributed by atoms with Gasteiger partial charge in [0.05, 0.1) is 5.69 Å². The zero-order chi connectivity index (χ0) is 15.8. The zero-order valence-corrected chi connectivity index (χ0v) is 13.5. The zero-order valence-electron chi connectivity index (χ0n) is 11.9. The molecule has 0 unspecified atom stereocenters. The van der Waals surface area contributed by atoms with Crippen LogP contribution >= 0.6 is 11.3 Å². The maximum absolute atomic E-state index is 12.1. The monoisotopic (exact) mass is 321 g/mol. The van der Waals surface area contributed by atoms with E-state index < -0.39 is 14.6 Å². The quantitative estimate of drug-likeness (QED) is 0.937. The highest BCUT2D eigenvalue weighted by Crippen LogP contribution is 2.46. The molecule has 0 aromatic carbocycles. The van der Waals surface area contributed by atoms with E-state index in [2.05, 4.69) is 4.98 Å². The van der Waals surface area contributed by atoms with Crippen LogP contribution in [0, 0.1) is 11.3 Å². The molecule has 0 radical (unpaired) electrons. The number of thiophene rings is 1. The van der Waals surface area contributed by atoms with Crippen LogP contribution < -0.4 is 5.73 Å². The SMILES string of the molecule is CC(C)(c1sc(C#N)c(N)c1-c1ccncc1)S(C)(=O)=O. The van der Waals surface area contributed by atoms with Gasteiger partial charge in [-0.15, -0.1) is 11.3 Å². The van der Waals surface area contributed by atoms with E-state index in [9.17, 15) is 13.7 Å². The molecule has 0 aliphatic rings. The first-order chi connectivity index (χ1) is 9.70. The molecule has 0 aliphatic carbocycles. The molecule has 110 valence electrons. The molecular formula is C14H15N3O2S2. The van der Waals surface area contributed by atoms with E-state index in [1.165, 1.54) is 6.26 Å². The Hall–Kier alpha value is -1.91. The molecule has 0 saturated carbocycles. The van der Waals surface area contributed by atoms with Gasteiger partial charge < -0.3 is 5.73 Å². The molecule has 2 aromatic heterocycles. The smallest absolute Gasteiger partial charge is 0.157 e. The molecule has 0 amide bonds. The third-order valence-electron chi connectivity index (χ3n) is 3.49. The van der Waals surface area contributed by atoms with Crippen LogP contribution in [0.3, 0.4) is 0 Å². The Balaban J connectivity index is 2.83. The molecule has 7 heteroatoms. The van der Waals surface area contributed by atoms with Gasteiger partial charge in [0.25, 0.3) is 0 Å². The van der Waals surface area contributed by atoms with Gasteiger partial charge in [0.1, 0.15) is 15.7 Å². The van der Waals surface area contributed by atoms with Gasteiger partial charge in [-0.05, 0) is 31.5 Å². The van der Waals surface area contributed by atoms with Crippen molar-refractivity contribution in [3.63, 3.8) is 0 Å². The molecule has 0 spiro atoms. The third-order valence-corrected chi connectivity index (χ3v) is 7.11. The van der Waals surface area contributed by atoms with Gasteiger partial charge in [-0.1, -0.05) is 0 Å². The summed E-state index contributed by atoms with van der Waals surface area (Å²) in [5.74, 6) is 0. The van der Waals surface area contributed by atoms with Crippen LogP contribution in [-0.4, -0.2) is 19.7 Å². The fourth-order valence-corrected chi connectivity index (χ4v) is 3.98. The van der Waals surface area contributed by atoms with Crippen molar-refractivity contribution < 1.29 is 8.42 Å². The standard InChI is InChI=1S/C14H15N3O2S2/c1-14(2,21(3,18)19)13-11(9-4-6-17-7-5-9)12(16)10(8-15)20-13/h4-7H,16H2,1-3H3. The number of hydrogen-bond acceptors (Lipinski definition) is 6. The van der Waals surface area contributed by atoms with Crippen LogP contribution in [0.4, 0.5) is 5.69 Å². The molecule has 2 N–H and O–H groups in total. The van der Waals surface area contributed by atoms with Crippen LogP contribution in [0.25, 0.3) is 11.1 Å². The Bertz CT molecular complexity index is 816. The molecule has 0 fully saturated rings. The Labute approximate surface area is 128 Å². The first-order valence-corrected chi connectivity index (χ1v) is 8.83. The van der Waals surface area contributed by atoms with Crippen LogP contribution in [0.15, 0.2) is 24.5 Å². The number of aromatic nitrogens is 1. The summed E-state index contributed by atoms with van der Waals surface area (Å²) in [7, 11) is -3.37. The molecule has 2 rings (SSSR count). The van der Waals surface area contributed by atoms with Crippen molar-refractivity contribution >= 4 is 26.9 Å². The third kappa shape index (κ3) is 2.52. The van der Waals surface area contributed by atoms with Gasteiger partial charge in [0, 0.05) is 29.1 Å². The second kappa shape index (κ2) is 5.13. The predicted molar refractivity (Wildman–Crippen MR) is 84.5 cm³/mol. The Kier molecular flexibility index (Phi) is 3.78. The van der Waals surface area contributed by atoms with Crippen molar-refractivity contribution in [2.45, 2.75) is 18.6 Å². The van der Waals surface area contributed by atoms with Crippen molar-refractivity contribution in [1.82, 2.24) is 4.98 Å². The summed E-state index contributed by atoms with van der Waals surface area (Å²) in [6.07, 6.45) is 4.40. The van der Waals surface area contributed by atoms with Gasteiger partial charge in [0.15, 0.2) is 9.84 Å². The van der Waals surface area contributed by atoms with Crippen molar-refractivity contribution in [2.24, 2.45) is 0 Å². The molecule has 2 aromatic rings. The number of hydrogen-bond donors (Lipinski definition) is 1. The average Bonchev–Trinajstić information content (AvgIpc) is 2.76. The maximum atomic E-state index is 12.1. The highest BCUT2D eigenvalue weighted by Gasteiger charge is 2.38. The fraction of sp³-hybridized carbons (Fsp3) is 0.286. The van der Waals surface area contributed by atoms with Crippen molar-refractivity contribution in [3.05, 3.63) is 34.3 Å². The number of nitrogens with two attached hydrogens (primary N) is 1. The first-order valence-electron chi connectivity index (χ1n) is 6.13. The fourth-order valence-electron chi connectivity index (χ4n) is 1.92. The largest absolute Gasteiger partial charge is 0.396 e. The molecule has 0 saturated heterocycles. The second-order valence-electron chi connectivity index (χ2n) is 5.18. The number of nitriles is 1. The van der Waals surface area contributed by atoms with Crippen LogP contribution in [0.1, 0.15) is 23.6 Å². The average molecular weight is 321 g/mol. The number of nitrogens with zero attached hydrogens (tertiary/aromatic N) is 2. The minimum atomic E-state index is -3.37. The normalized spacial score (nSPS) is 12.1. The summed E-state index contributed by atoms with van der Waals surface area (Å²) >= 11 is 1.13. The predicted octanol–water partition coefficient (Wildman–Crippen LogP) is 2.54. The summed E-state index contributed by atoms with van der Waals surface area (Å²) in [6, 6.07) is 5.54. The molecule has 0 aliphatic heterocycles. The van der Waals surface area contributed by atoms with Crippen LogP contribution in [-0.2, 0) is 14.6 Å². The van der Waals surface area contributed by atoms with E-state index in [4.69, 9.17) is 5.73 Å². The van der Waals surface area contributed by atoms with E-state index in [0.29, 0.717) is 21.0 Å². The summed E-state index contributed by atoms with van der Waals surface area (Å²) in [5.41, 5.74) is 7.74. The number of sulfone groups is 1. The summed E-state index contributed by atoms with van der Waals surface area (Å²) in [4.78, 5) is 4.85. The Morgan fingerprint density at radius 3 is 2.38 bits per heavy atom. The summed E-state index contributed by atoms with van der Waals surface area (Å²) in [6.45, 7) is 3.25. The minimum absolute atomic E-state index is 0.320. The number of nitrogen functional groups attached to an aromatic ring is 1. The van der Waals surface area contributed by atoms with Crippen LogP contribution in [0.5, 0.6) is 0 Å². The lowest BCUT2D eigenvalue weighted by molar-refractivity contribution is 0.564. The second-order valence-corrected chi connectivity index (χ2v) is 8.76. The highest BCUT2D eigenvalue weighted by molar-refractivity contribution is 7.91. The van der Waals surface area contributed by atoms with Gasteiger partial charge >= 0.3 is 0 Å². The summed E-state index contributed by atoms with van der Waals surface area (Å²) in [5, 5.41) is 9.19. The van der Waals surface area contributed by atoms with E-state index in [1.54, 1.807) is 38.4 Å². The number of anilines is 1. The van der Waals surface area contributed by atoms with Crippen molar-refractivity contribution in [3.8, 4) is 17.2 Å². The van der Waals surface area contributed by atoms with Gasteiger partial charge in [-0.2, -0.15) is 5.26 Å². The number of pyridine rings is 1. The van der Waals surface area contributed by atoms with E-state index >= 15 is 0 Å². The molecule has 5 nitrogen and oxygen atoms in total. The molecule has 2 heterocycles. The van der Waals surface area contributed by atoms with Crippen molar-refractivity contribution in [2.75, 3.05) is 12.0 Å². The lowest BCUT2D eigenvalue weighted by Gasteiger charge is -2.23. The summed E-state index contributed by atoms with van der Waals surface area (Å²) < 4.78 is 23.1. The van der Waals surface area contributed by atoms with Gasteiger partial charge in [-0.25, -0.2) is 8.42 Å². The van der Waals surface area contributed by atoms with E-state index in [-0.39, 0.29) is 0 Å². The Morgan fingerprint density at radius 1 is 1.33 bits per heavy atom. The molecular weight excluding hydrogens is 306 g/mol. The molecule has 21 heavy (non-hydrogen) atoms. The van der Waals surface area contributed by atoms with E-state index in [1.807, 2.05) is 6.07 Å². The van der Waals surface area contributed by atoms with E-state index in [0.717, 1.165) is 16.9 Å². The first kappa shape index (κ1) is 15.5. The van der Waals surface area contributed by atoms with Gasteiger partial charge in [-0.3, -0.25) is 4.98 Å². The lowest BCUT2D eigenvalue weighted by atomic mass is 10.00. The van der Waals surface area contributed by atoms with Crippen molar-refractivity contribution in [1.29, 1.82) is 5.26 Å². The topological polar surface area (TPSA) is 96.8 Å². The minimum Gasteiger partial charge on any atom is -0.396 e. The molecule has 0 bridgehead atoms. The number of rotatable bonds is 3.